The highest BCUT2D eigenvalue weighted by atomic mass is 32.1. The molecule has 1 amide bonds. The van der Waals surface area contributed by atoms with Crippen molar-refractivity contribution in [3.63, 3.8) is 0 Å². The van der Waals surface area contributed by atoms with Crippen LogP contribution in [0.25, 0.3) is 0 Å². The molecule has 3 rings (SSSR count). The Bertz CT molecular complexity index is 558. The number of thiophene rings is 2. The molecule has 2 atom stereocenters. The van der Waals surface area contributed by atoms with Crippen molar-refractivity contribution in [3.05, 3.63) is 44.8 Å². The molecule has 1 aliphatic rings. The average Bonchev–Trinajstić information content (AvgIpc) is 3.22. The minimum absolute atomic E-state index is 0.193. The Hall–Kier alpha value is -1.17. The maximum absolute atomic E-state index is 12.9. The zero-order valence-corrected chi connectivity index (χ0v) is 15.0. The SMILES string of the molecule is NC1CCCCC1CC(=O)N(Cc1cccs1)Cc1cccs1. The summed E-state index contributed by atoms with van der Waals surface area (Å²) in [7, 11) is 0. The molecule has 0 aliphatic heterocycles. The summed E-state index contributed by atoms with van der Waals surface area (Å²) in [6.07, 6.45) is 5.17. The number of hydrogen-bond donors (Lipinski definition) is 1. The third-order valence-electron chi connectivity index (χ3n) is 4.61. The summed E-state index contributed by atoms with van der Waals surface area (Å²) in [6, 6.07) is 8.49. The Labute approximate surface area is 146 Å². The normalized spacial score (nSPS) is 21.3. The van der Waals surface area contributed by atoms with E-state index in [1.807, 2.05) is 17.0 Å². The van der Waals surface area contributed by atoms with Crippen LogP contribution in [0, 0.1) is 5.92 Å². The molecule has 5 heteroatoms. The number of nitrogens with two attached hydrogens (primary N) is 1. The van der Waals surface area contributed by atoms with Crippen molar-refractivity contribution in [1.29, 1.82) is 0 Å². The first-order valence-corrected chi connectivity index (χ1v) is 10.1. The lowest BCUT2D eigenvalue weighted by Crippen LogP contribution is -2.38. The molecule has 2 aromatic rings. The molecule has 0 saturated heterocycles. The van der Waals surface area contributed by atoms with Gasteiger partial charge in [0.25, 0.3) is 0 Å². The van der Waals surface area contributed by atoms with Gasteiger partial charge in [-0.3, -0.25) is 4.79 Å². The summed E-state index contributed by atoms with van der Waals surface area (Å²) in [5.41, 5.74) is 6.23. The van der Waals surface area contributed by atoms with Crippen LogP contribution >= 0.6 is 22.7 Å². The molecule has 3 nitrogen and oxygen atoms in total. The minimum atomic E-state index is 0.193. The predicted molar refractivity (Wildman–Crippen MR) is 97.4 cm³/mol. The van der Waals surface area contributed by atoms with Crippen LogP contribution in [0.4, 0.5) is 0 Å². The molecule has 2 heterocycles. The van der Waals surface area contributed by atoms with Gasteiger partial charge < -0.3 is 10.6 Å². The molecular formula is C18H24N2OS2. The van der Waals surface area contributed by atoms with Gasteiger partial charge in [0.2, 0.25) is 5.91 Å². The van der Waals surface area contributed by atoms with Crippen molar-refractivity contribution in [2.24, 2.45) is 11.7 Å². The summed E-state index contributed by atoms with van der Waals surface area (Å²) in [4.78, 5) is 17.4. The molecule has 1 fully saturated rings. The van der Waals surface area contributed by atoms with Gasteiger partial charge in [-0.1, -0.05) is 25.0 Å². The van der Waals surface area contributed by atoms with Crippen LogP contribution in [0.1, 0.15) is 41.9 Å². The standard InChI is InChI=1S/C18H24N2OS2/c19-17-8-2-1-5-14(17)11-18(21)20(12-15-6-3-9-22-15)13-16-7-4-10-23-16/h3-4,6-7,9-10,14,17H,1-2,5,8,11-13,19H2. The smallest absolute Gasteiger partial charge is 0.223 e. The molecule has 0 spiro atoms. The number of nitrogens with zero attached hydrogens (tertiary/aromatic N) is 1. The third-order valence-corrected chi connectivity index (χ3v) is 6.33. The van der Waals surface area contributed by atoms with Crippen molar-refractivity contribution in [1.82, 2.24) is 4.90 Å². The van der Waals surface area contributed by atoms with Gasteiger partial charge in [0.1, 0.15) is 0 Å². The number of hydrogen-bond acceptors (Lipinski definition) is 4. The fourth-order valence-corrected chi connectivity index (χ4v) is 4.70. The maximum atomic E-state index is 12.9. The highest BCUT2D eigenvalue weighted by molar-refractivity contribution is 7.10. The highest BCUT2D eigenvalue weighted by Crippen LogP contribution is 2.27. The number of carbonyl (C=O) groups is 1. The minimum Gasteiger partial charge on any atom is -0.332 e. The largest absolute Gasteiger partial charge is 0.332 e. The quantitative estimate of drug-likeness (QED) is 0.848. The van der Waals surface area contributed by atoms with E-state index in [1.165, 1.54) is 22.6 Å². The Kier molecular flexibility index (Phi) is 5.86. The third kappa shape index (κ3) is 4.66. The van der Waals surface area contributed by atoms with Gasteiger partial charge in [0.15, 0.2) is 0 Å². The number of amides is 1. The molecule has 0 aromatic carbocycles. The second kappa shape index (κ2) is 8.08. The molecule has 1 saturated carbocycles. The van der Waals surface area contributed by atoms with Gasteiger partial charge in [-0.05, 0) is 41.7 Å². The van der Waals surface area contributed by atoms with E-state index in [1.54, 1.807) is 22.7 Å². The topological polar surface area (TPSA) is 46.3 Å². The summed E-state index contributed by atoms with van der Waals surface area (Å²) in [5, 5.41) is 4.14. The number of rotatable bonds is 6. The van der Waals surface area contributed by atoms with Gasteiger partial charge in [0.05, 0.1) is 13.1 Å². The summed E-state index contributed by atoms with van der Waals surface area (Å²) < 4.78 is 0. The average molecular weight is 349 g/mol. The fourth-order valence-electron chi connectivity index (χ4n) is 3.26. The van der Waals surface area contributed by atoms with Crippen LogP contribution in [0.2, 0.25) is 0 Å². The van der Waals surface area contributed by atoms with Crippen molar-refractivity contribution in [3.8, 4) is 0 Å². The van der Waals surface area contributed by atoms with Crippen LogP contribution in [-0.2, 0) is 17.9 Å². The van der Waals surface area contributed by atoms with Crippen LogP contribution < -0.4 is 5.73 Å². The van der Waals surface area contributed by atoms with Crippen LogP contribution in [-0.4, -0.2) is 16.8 Å². The van der Waals surface area contributed by atoms with E-state index in [0.29, 0.717) is 25.4 Å². The second-order valence-corrected chi connectivity index (χ2v) is 8.39. The van der Waals surface area contributed by atoms with Crippen molar-refractivity contribution >= 4 is 28.6 Å². The van der Waals surface area contributed by atoms with Gasteiger partial charge in [-0.2, -0.15) is 0 Å². The molecule has 0 bridgehead atoms. The van der Waals surface area contributed by atoms with Crippen molar-refractivity contribution < 1.29 is 4.79 Å². The van der Waals surface area contributed by atoms with E-state index in [2.05, 4.69) is 22.9 Å². The molecule has 124 valence electrons. The number of carbonyl (C=O) groups excluding carboxylic acids is 1. The maximum Gasteiger partial charge on any atom is 0.223 e. The Morgan fingerprint density at radius 1 is 1.09 bits per heavy atom. The van der Waals surface area contributed by atoms with E-state index in [9.17, 15) is 4.79 Å². The monoisotopic (exact) mass is 348 g/mol. The molecule has 2 aromatic heterocycles. The first-order chi connectivity index (χ1) is 11.2. The van der Waals surface area contributed by atoms with Crippen molar-refractivity contribution in [2.75, 3.05) is 0 Å². The zero-order chi connectivity index (χ0) is 16.1. The van der Waals surface area contributed by atoms with E-state index >= 15 is 0 Å². The Morgan fingerprint density at radius 3 is 2.22 bits per heavy atom. The van der Waals surface area contributed by atoms with Gasteiger partial charge in [0, 0.05) is 22.2 Å². The Balaban J connectivity index is 1.67. The fraction of sp³-hybridized carbons (Fsp3) is 0.500. The molecule has 2 N–H and O–H groups in total. The predicted octanol–water partition coefficient (Wildman–Crippen LogP) is 4.25. The molecule has 2 unspecified atom stereocenters. The lowest BCUT2D eigenvalue weighted by atomic mass is 9.82. The van der Waals surface area contributed by atoms with Crippen LogP contribution in [0.3, 0.4) is 0 Å². The summed E-state index contributed by atoms with van der Waals surface area (Å²) >= 11 is 3.43. The van der Waals surface area contributed by atoms with Crippen molar-refractivity contribution in [2.45, 2.75) is 51.2 Å². The van der Waals surface area contributed by atoms with Crippen LogP contribution in [0.5, 0.6) is 0 Å². The molecule has 1 aliphatic carbocycles. The van der Waals surface area contributed by atoms with Gasteiger partial charge in [-0.15, -0.1) is 22.7 Å². The van der Waals surface area contributed by atoms with E-state index in [0.717, 1.165) is 12.8 Å². The van der Waals surface area contributed by atoms with E-state index in [-0.39, 0.29) is 11.9 Å². The second-order valence-electron chi connectivity index (χ2n) is 6.32. The van der Waals surface area contributed by atoms with E-state index in [4.69, 9.17) is 5.73 Å². The van der Waals surface area contributed by atoms with E-state index < -0.39 is 0 Å². The van der Waals surface area contributed by atoms with Crippen LogP contribution in [0.15, 0.2) is 35.0 Å². The van der Waals surface area contributed by atoms with Gasteiger partial charge >= 0.3 is 0 Å². The highest BCUT2D eigenvalue weighted by Gasteiger charge is 2.26. The zero-order valence-electron chi connectivity index (χ0n) is 13.3. The lowest BCUT2D eigenvalue weighted by Gasteiger charge is -2.30. The first-order valence-electron chi connectivity index (χ1n) is 8.30. The summed E-state index contributed by atoms with van der Waals surface area (Å²) in [5.74, 6) is 0.597. The summed E-state index contributed by atoms with van der Waals surface area (Å²) in [6.45, 7) is 1.41. The van der Waals surface area contributed by atoms with Gasteiger partial charge in [-0.25, -0.2) is 0 Å². The lowest BCUT2D eigenvalue weighted by molar-refractivity contribution is -0.133. The molecular weight excluding hydrogens is 324 g/mol. The first kappa shape index (κ1) is 16.7. The molecule has 0 radical (unpaired) electrons. The molecule has 23 heavy (non-hydrogen) atoms. The Morgan fingerprint density at radius 2 is 1.70 bits per heavy atom.